The Morgan fingerprint density at radius 1 is 1.19 bits per heavy atom. The number of anilines is 1. The molecule has 1 aromatic heterocycles. The summed E-state index contributed by atoms with van der Waals surface area (Å²) in [4.78, 5) is 31.8. The van der Waals surface area contributed by atoms with Gasteiger partial charge < -0.3 is 10.1 Å². The van der Waals surface area contributed by atoms with E-state index in [1.165, 1.54) is 6.92 Å². The van der Waals surface area contributed by atoms with Gasteiger partial charge in [0.1, 0.15) is 5.75 Å². The Bertz CT molecular complexity index is 1160. The quantitative estimate of drug-likeness (QED) is 0.578. The van der Waals surface area contributed by atoms with Gasteiger partial charge in [0.15, 0.2) is 5.78 Å². The van der Waals surface area contributed by atoms with Crippen LogP contribution in [0.4, 0.5) is 5.69 Å². The number of ether oxygens (including phenoxy) is 1. The fourth-order valence-corrected chi connectivity index (χ4v) is 4.49. The lowest BCUT2D eigenvalue weighted by Gasteiger charge is -2.32. The van der Waals surface area contributed by atoms with Crippen LogP contribution in [0.2, 0.25) is 0 Å². The molecule has 0 spiro atoms. The minimum atomic E-state index is -0.0994. The molecule has 0 radical (unpaired) electrons. The first-order valence-corrected chi connectivity index (χ1v) is 11.0. The Labute approximate surface area is 188 Å². The highest BCUT2D eigenvalue weighted by Crippen LogP contribution is 2.27. The van der Waals surface area contributed by atoms with E-state index >= 15 is 0 Å². The molecule has 0 bridgehead atoms. The molecule has 2 heterocycles. The number of pyridine rings is 1. The number of carbonyl (C=O) groups excluding carboxylic acids is 2. The molecule has 1 saturated heterocycles. The first-order chi connectivity index (χ1) is 15.4. The lowest BCUT2D eigenvalue weighted by Crippen LogP contribution is -2.38. The van der Waals surface area contributed by atoms with Crippen LogP contribution in [0, 0.1) is 12.8 Å². The molecule has 0 saturated carbocycles. The summed E-state index contributed by atoms with van der Waals surface area (Å²) in [5, 5.41) is 3.78. The third kappa shape index (κ3) is 4.81. The lowest BCUT2D eigenvalue weighted by atomic mass is 9.88. The molecule has 1 amide bonds. The summed E-state index contributed by atoms with van der Waals surface area (Å²) in [6.45, 7) is 5.85. The SMILES string of the molecule is COc1ccc(C(=O)[C@H]2CCCN(Cc3ccc4c(NC(C)=O)cccc4n3)C2)c(C)c1. The van der Waals surface area contributed by atoms with Crippen LogP contribution in [0.25, 0.3) is 10.9 Å². The number of nitrogens with one attached hydrogen (secondary N) is 1. The molecule has 1 fully saturated rings. The van der Waals surface area contributed by atoms with Crippen LogP contribution in [0.15, 0.2) is 48.5 Å². The molecule has 0 unspecified atom stereocenters. The van der Waals surface area contributed by atoms with Gasteiger partial charge in [-0.25, -0.2) is 0 Å². The van der Waals surface area contributed by atoms with E-state index < -0.39 is 0 Å². The summed E-state index contributed by atoms with van der Waals surface area (Å²) in [5.74, 6) is 0.870. The van der Waals surface area contributed by atoms with Crippen molar-refractivity contribution in [1.29, 1.82) is 0 Å². The van der Waals surface area contributed by atoms with Crippen LogP contribution in [0.1, 0.15) is 41.4 Å². The van der Waals surface area contributed by atoms with Crippen LogP contribution < -0.4 is 10.1 Å². The van der Waals surface area contributed by atoms with Gasteiger partial charge in [0.25, 0.3) is 0 Å². The van der Waals surface area contributed by atoms with Gasteiger partial charge in [0.05, 0.1) is 24.0 Å². The van der Waals surface area contributed by atoms with Crippen molar-refractivity contribution in [3.05, 3.63) is 65.4 Å². The van der Waals surface area contributed by atoms with Crippen LogP contribution in [0.3, 0.4) is 0 Å². The summed E-state index contributed by atoms with van der Waals surface area (Å²) in [6, 6.07) is 15.4. The van der Waals surface area contributed by atoms with Gasteiger partial charge >= 0.3 is 0 Å². The molecule has 32 heavy (non-hydrogen) atoms. The van der Waals surface area contributed by atoms with E-state index in [-0.39, 0.29) is 17.6 Å². The summed E-state index contributed by atoms with van der Waals surface area (Å²) in [7, 11) is 1.64. The standard InChI is InChI=1S/C26H29N3O3/c1-17-14-21(32-3)10-12-22(17)26(31)19-6-5-13-29(15-19)16-20-9-11-23-24(27-18(2)30)7-4-8-25(23)28-20/h4,7-12,14,19H,5-6,13,15-16H2,1-3H3,(H,27,30)/t19-/m0/s1. The zero-order chi connectivity index (χ0) is 22.7. The number of hydrogen-bond donors (Lipinski definition) is 1. The van der Waals surface area contributed by atoms with E-state index in [9.17, 15) is 9.59 Å². The van der Waals surface area contributed by atoms with Crippen molar-refractivity contribution >= 4 is 28.3 Å². The number of aryl methyl sites for hydroxylation is 1. The number of benzene rings is 2. The van der Waals surface area contributed by atoms with E-state index in [4.69, 9.17) is 9.72 Å². The second-order valence-corrected chi connectivity index (χ2v) is 8.48. The maximum absolute atomic E-state index is 13.2. The van der Waals surface area contributed by atoms with Gasteiger partial charge in [-0.05, 0) is 74.3 Å². The zero-order valence-corrected chi connectivity index (χ0v) is 18.9. The fraction of sp³-hybridized carbons (Fsp3) is 0.346. The van der Waals surface area contributed by atoms with E-state index in [1.807, 2.05) is 55.5 Å². The summed E-state index contributed by atoms with van der Waals surface area (Å²) >= 11 is 0. The van der Waals surface area contributed by atoms with Gasteiger partial charge in [0, 0.05) is 36.9 Å². The normalized spacial score (nSPS) is 16.7. The second-order valence-electron chi connectivity index (χ2n) is 8.48. The van der Waals surface area contributed by atoms with Crippen molar-refractivity contribution in [2.45, 2.75) is 33.2 Å². The topological polar surface area (TPSA) is 71.5 Å². The largest absolute Gasteiger partial charge is 0.497 e. The smallest absolute Gasteiger partial charge is 0.221 e. The van der Waals surface area contributed by atoms with Crippen molar-refractivity contribution < 1.29 is 14.3 Å². The maximum atomic E-state index is 13.2. The number of amides is 1. The predicted octanol–water partition coefficient (Wildman–Crippen LogP) is 4.61. The Balaban J connectivity index is 1.47. The molecule has 1 aliphatic rings. The number of rotatable bonds is 6. The summed E-state index contributed by atoms with van der Waals surface area (Å²) < 4.78 is 5.27. The molecule has 1 N–H and O–H groups in total. The van der Waals surface area contributed by atoms with Gasteiger partial charge in [-0.15, -0.1) is 0 Å². The lowest BCUT2D eigenvalue weighted by molar-refractivity contribution is -0.114. The number of Topliss-reactive ketones (excluding diaryl/α,β-unsaturated/α-hetero) is 1. The molecule has 4 rings (SSSR count). The second kappa shape index (κ2) is 9.49. The van der Waals surface area contributed by atoms with Crippen LogP contribution in [0.5, 0.6) is 5.75 Å². The van der Waals surface area contributed by atoms with Crippen molar-refractivity contribution in [2.75, 3.05) is 25.5 Å². The minimum Gasteiger partial charge on any atom is -0.497 e. The van der Waals surface area contributed by atoms with Crippen molar-refractivity contribution in [1.82, 2.24) is 9.88 Å². The highest BCUT2D eigenvalue weighted by molar-refractivity contribution is 6.00. The Hall–Kier alpha value is -3.25. The number of likely N-dealkylation sites (tertiary alicyclic amines) is 1. The highest BCUT2D eigenvalue weighted by atomic mass is 16.5. The first kappa shape index (κ1) is 22.0. The van der Waals surface area contributed by atoms with Gasteiger partial charge in [-0.2, -0.15) is 0 Å². The predicted molar refractivity (Wildman–Crippen MR) is 126 cm³/mol. The molecular weight excluding hydrogens is 402 g/mol. The number of nitrogens with zero attached hydrogens (tertiary/aromatic N) is 2. The number of methoxy groups -OCH3 is 1. The number of hydrogen-bond acceptors (Lipinski definition) is 5. The first-order valence-electron chi connectivity index (χ1n) is 11.0. The maximum Gasteiger partial charge on any atom is 0.221 e. The minimum absolute atomic E-state index is 0.0114. The summed E-state index contributed by atoms with van der Waals surface area (Å²) in [5.41, 5.74) is 4.33. The van der Waals surface area contributed by atoms with Gasteiger partial charge in [-0.3, -0.25) is 19.5 Å². The molecule has 3 aromatic rings. The van der Waals surface area contributed by atoms with Crippen LogP contribution >= 0.6 is 0 Å². The third-order valence-corrected chi connectivity index (χ3v) is 6.06. The Morgan fingerprint density at radius 3 is 2.78 bits per heavy atom. The number of carbonyl (C=O) groups is 2. The Kier molecular flexibility index (Phi) is 6.51. The molecule has 1 aliphatic heterocycles. The molecule has 2 aromatic carbocycles. The molecule has 6 nitrogen and oxygen atoms in total. The van der Waals surface area contributed by atoms with Crippen molar-refractivity contribution in [3.8, 4) is 5.75 Å². The monoisotopic (exact) mass is 431 g/mol. The molecule has 1 atom stereocenters. The molecule has 0 aliphatic carbocycles. The van der Waals surface area contributed by atoms with Crippen molar-refractivity contribution in [2.24, 2.45) is 5.92 Å². The average Bonchev–Trinajstić information content (AvgIpc) is 2.78. The Morgan fingerprint density at radius 2 is 2.03 bits per heavy atom. The molecule has 6 heteroatoms. The van der Waals surface area contributed by atoms with E-state index in [0.717, 1.165) is 65.1 Å². The molecular formula is C26H29N3O3. The fourth-order valence-electron chi connectivity index (χ4n) is 4.49. The molecule has 166 valence electrons. The van der Waals surface area contributed by atoms with Crippen LogP contribution in [-0.4, -0.2) is 41.8 Å². The van der Waals surface area contributed by atoms with Crippen molar-refractivity contribution in [3.63, 3.8) is 0 Å². The third-order valence-electron chi connectivity index (χ3n) is 6.06. The van der Waals surface area contributed by atoms with Gasteiger partial charge in [0.2, 0.25) is 5.91 Å². The van der Waals surface area contributed by atoms with Gasteiger partial charge in [-0.1, -0.05) is 6.07 Å². The van der Waals surface area contributed by atoms with Crippen LogP contribution in [-0.2, 0) is 11.3 Å². The number of piperidine rings is 1. The summed E-state index contributed by atoms with van der Waals surface area (Å²) in [6.07, 6.45) is 1.90. The average molecular weight is 432 g/mol. The number of fused-ring (bicyclic) bond motifs is 1. The zero-order valence-electron chi connectivity index (χ0n) is 18.9. The van der Waals surface area contributed by atoms with E-state index in [0.29, 0.717) is 6.54 Å². The number of aromatic nitrogens is 1. The van der Waals surface area contributed by atoms with E-state index in [2.05, 4.69) is 10.2 Å². The van der Waals surface area contributed by atoms with E-state index in [1.54, 1.807) is 7.11 Å². The number of ketones is 1. The highest BCUT2D eigenvalue weighted by Gasteiger charge is 2.27.